The Labute approximate surface area is 77.6 Å². The van der Waals surface area contributed by atoms with Crippen LogP contribution >= 0.6 is 0 Å². The molecule has 0 unspecified atom stereocenters. The standard InChI is InChI=1S/C8H15NO4/c1-11-6-7-13-8(10)9-2-4-12-5-3-9/h2-7H2,1H3. The van der Waals surface area contributed by atoms with Crippen LogP contribution in [0.3, 0.4) is 0 Å². The fourth-order valence-electron chi connectivity index (χ4n) is 1.05. The smallest absolute Gasteiger partial charge is 0.409 e. The lowest BCUT2D eigenvalue weighted by Crippen LogP contribution is -2.41. The van der Waals surface area contributed by atoms with E-state index < -0.39 is 0 Å². The number of ether oxygens (including phenoxy) is 3. The van der Waals surface area contributed by atoms with Gasteiger partial charge in [0.05, 0.1) is 19.8 Å². The third-order valence-electron chi connectivity index (χ3n) is 1.78. The topological polar surface area (TPSA) is 48.0 Å². The summed E-state index contributed by atoms with van der Waals surface area (Å²) >= 11 is 0. The normalized spacial score (nSPS) is 17.2. The van der Waals surface area contributed by atoms with Gasteiger partial charge in [0, 0.05) is 20.2 Å². The minimum atomic E-state index is -0.277. The Morgan fingerprint density at radius 1 is 1.38 bits per heavy atom. The van der Waals surface area contributed by atoms with Crippen LogP contribution < -0.4 is 0 Å². The van der Waals surface area contributed by atoms with Crippen LogP contribution in [0.1, 0.15) is 0 Å². The summed E-state index contributed by atoms with van der Waals surface area (Å²) in [6, 6.07) is 0. The van der Waals surface area contributed by atoms with Gasteiger partial charge in [-0.15, -0.1) is 0 Å². The summed E-state index contributed by atoms with van der Waals surface area (Å²) in [7, 11) is 1.57. The maximum Gasteiger partial charge on any atom is 0.409 e. The molecule has 1 fully saturated rings. The van der Waals surface area contributed by atoms with Crippen LogP contribution in [0.5, 0.6) is 0 Å². The van der Waals surface area contributed by atoms with Crippen LogP contribution in [0.2, 0.25) is 0 Å². The van der Waals surface area contributed by atoms with E-state index in [1.807, 2.05) is 0 Å². The summed E-state index contributed by atoms with van der Waals surface area (Å²) in [4.78, 5) is 12.9. The molecular weight excluding hydrogens is 174 g/mol. The Morgan fingerprint density at radius 2 is 2.08 bits per heavy atom. The van der Waals surface area contributed by atoms with E-state index in [1.165, 1.54) is 0 Å². The van der Waals surface area contributed by atoms with Gasteiger partial charge in [-0.1, -0.05) is 0 Å². The fraction of sp³-hybridized carbons (Fsp3) is 0.875. The van der Waals surface area contributed by atoms with Crippen LogP contribution in [0, 0.1) is 0 Å². The number of amides is 1. The van der Waals surface area contributed by atoms with Crippen molar-refractivity contribution in [2.45, 2.75) is 0 Å². The molecule has 1 heterocycles. The van der Waals surface area contributed by atoms with Crippen molar-refractivity contribution in [2.24, 2.45) is 0 Å². The molecule has 0 aliphatic carbocycles. The molecule has 13 heavy (non-hydrogen) atoms. The molecule has 0 spiro atoms. The fourth-order valence-corrected chi connectivity index (χ4v) is 1.05. The van der Waals surface area contributed by atoms with Gasteiger partial charge in [-0.05, 0) is 0 Å². The summed E-state index contributed by atoms with van der Waals surface area (Å²) in [5.74, 6) is 0. The summed E-state index contributed by atoms with van der Waals surface area (Å²) in [6.07, 6.45) is -0.277. The molecule has 0 aromatic heterocycles. The van der Waals surface area contributed by atoms with Gasteiger partial charge in [0.15, 0.2) is 0 Å². The van der Waals surface area contributed by atoms with Crippen molar-refractivity contribution < 1.29 is 19.0 Å². The number of methoxy groups -OCH3 is 1. The molecule has 1 rings (SSSR count). The lowest BCUT2D eigenvalue weighted by molar-refractivity contribution is 0.0202. The highest BCUT2D eigenvalue weighted by atomic mass is 16.6. The molecule has 5 nitrogen and oxygen atoms in total. The van der Waals surface area contributed by atoms with Crippen molar-refractivity contribution >= 4 is 6.09 Å². The maximum atomic E-state index is 11.3. The van der Waals surface area contributed by atoms with Gasteiger partial charge in [0.1, 0.15) is 6.61 Å². The molecule has 5 heteroatoms. The SMILES string of the molecule is COCCOC(=O)N1CCOCC1. The number of rotatable bonds is 3. The molecular formula is C8H15NO4. The van der Waals surface area contributed by atoms with E-state index in [2.05, 4.69) is 0 Å². The number of morpholine rings is 1. The van der Waals surface area contributed by atoms with Gasteiger partial charge < -0.3 is 19.1 Å². The Kier molecular flexibility index (Phi) is 4.56. The second kappa shape index (κ2) is 5.77. The third kappa shape index (κ3) is 3.61. The van der Waals surface area contributed by atoms with E-state index in [4.69, 9.17) is 14.2 Å². The molecule has 1 aliphatic rings. The van der Waals surface area contributed by atoms with Gasteiger partial charge in [0.2, 0.25) is 0 Å². The first-order valence-corrected chi connectivity index (χ1v) is 4.33. The second-order valence-corrected chi connectivity index (χ2v) is 2.71. The minimum Gasteiger partial charge on any atom is -0.447 e. The van der Waals surface area contributed by atoms with Gasteiger partial charge in [-0.2, -0.15) is 0 Å². The summed E-state index contributed by atoms with van der Waals surface area (Å²) in [6.45, 7) is 3.18. The van der Waals surface area contributed by atoms with E-state index in [0.29, 0.717) is 39.5 Å². The highest BCUT2D eigenvalue weighted by Crippen LogP contribution is 1.99. The van der Waals surface area contributed by atoms with Crippen LogP contribution in [0.4, 0.5) is 4.79 Å². The molecule has 0 aromatic rings. The van der Waals surface area contributed by atoms with Gasteiger partial charge in [-0.25, -0.2) is 4.79 Å². The number of carbonyl (C=O) groups excluding carboxylic acids is 1. The summed E-state index contributed by atoms with van der Waals surface area (Å²) in [5.41, 5.74) is 0. The molecule has 0 saturated carbocycles. The number of nitrogens with zero attached hydrogens (tertiary/aromatic N) is 1. The van der Waals surface area contributed by atoms with Crippen molar-refractivity contribution in [1.29, 1.82) is 0 Å². The zero-order valence-corrected chi connectivity index (χ0v) is 7.82. The largest absolute Gasteiger partial charge is 0.447 e. The van der Waals surface area contributed by atoms with Crippen LogP contribution in [0.25, 0.3) is 0 Å². The first kappa shape index (κ1) is 10.3. The van der Waals surface area contributed by atoms with Crippen LogP contribution in [-0.4, -0.2) is 57.6 Å². The molecule has 0 N–H and O–H groups in total. The van der Waals surface area contributed by atoms with Crippen molar-refractivity contribution in [3.63, 3.8) is 0 Å². The molecule has 1 aliphatic heterocycles. The number of hydrogen-bond acceptors (Lipinski definition) is 4. The molecule has 0 aromatic carbocycles. The predicted molar refractivity (Wildman–Crippen MR) is 45.6 cm³/mol. The molecule has 1 saturated heterocycles. The van der Waals surface area contributed by atoms with Gasteiger partial charge >= 0.3 is 6.09 Å². The predicted octanol–water partition coefficient (Wildman–Crippen LogP) is 0.102. The van der Waals surface area contributed by atoms with Gasteiger partial charge in [-0.3, -0.25) is 0 Å². The summed E-state index contributed by atoms with van der Waals surface area (Å²) in [5, 5.41) is 0. The van der Waals surface area contributed by atoms with Crippen molar-refractivity contribution in [3.05, 3.63) is 0 Å². The Hall–Kier alpha value is -0.810. The third-order valence-corrected chi connectivity index (χ3v) is 1.78. The van der Waals surface area contributed by atoms with E-state index in [0.717, 1.165) is 0 Å². The Balaban J connectivity index is 2.13. The zero-order valence-electron chi connectivity index (χ0n) is 7.82. The molecule has 0 radical (unpaired) electrons. The number of hydrogen-bond donors (Lipinski definition) is 0. The van der Waals surface area contributed by atoms with Gasteiger partial charge in [0.25, 0.3) is 0 Å². The maximum absolute atomic E-state index is 11.3. The van der Waals surface area contributed by atoms with Crippen LogP contribution in [0.15, 0.2) is 0 Å². The average Bonchev–Trinajstić information content (AvgIpc) is 2.19. The lowest BCUT2D eigenvalue weighted by atomic mass is 10.5. The molecule has 0 bridgehead atoms. The Morgan fingerprint density at radius 3 is 2.69 bits per heavy atom. The van der Waals surface area contributed by atoms with E-state index in [9.17, 15) is 4.79 Å². The minimum absolute atomic E-state index is 0.277. The lowest BCUT2D eigenvalue weighted by Gasteiger charge is -2.25. The average molecular weight is 189 g/mol. The highest BCUT2D eigenvalue weighted by Gasteiger charge is 2.17. The monoisotopic (exact) mass is 189 g/mol. The van der Waals surface area contributed by atoms with E-state index in [-0.39, 0.29) is 6.09 Å². The first-order chi connectivity index (χ1) is 6.34. The second-order valence-electron chi connectivity index (χ2n) is 2.71. The van der Waals surface area contributed by atoms with E-state index >= 15 is 0 Å². The molecule has 76 valence electrons. The Bertz CT molecular complexity index is 156. The van der Waals surface area contributed by atoms with Crippen molar-refractivity contribution in [1.82, 2.24) is 4.90 Å². The van der Waals surface area contributed by atoms with Crippen LogP contribution in [-0.2, 0) is 14.2 Å². The van der Waals surface area contributed by atoms with Crippen molar-refractivity contribution in [2.75, 3.05) is 46.6 Å². The highest BCUT2D eigenvalue weighted by molar-refractivity contribution is 5.67. The first-order valence-electron chi connectivity index (χ1n) is 4.33. The quantitative estimate of drug-likeness (QED) is 0.591. The summed E-state index contributed by atoms with van der Waals surface area (Å²) < 4.78 is 14.8. The molecule has 1 amide bonds. The van der Waals surface area contributed by atoms with Crippen molar-refractivity contribution in [3.8, 4) is 0 Å². The molecule has 0 atom stereocenters. The van der Waals surface area contributed by atoms with E-state index in [1.54, 1.807) is 12.0 Å². The zero-order chi connectivity index (χ0) is 9.52. The number of carbonyl (C=O) groups is 1.